The van der Waals surface area contributed by atoms with Gasteiger partial charge in [-0.05, 0) is 64.9 Å². The lowest BCUT2D eigenvalue weighted by atomic mass is 9.96. The number of carbonyl (C=O) groups excluding carboxylic acids is 1. The van der Waals surface area contributed by atoms with Gasteiger partial charge in [-0.15, -0.1) is 0 Å². The molecule has 0 spiro atoms. The molecular weight excluding hydrogens is 425 g/mol. The summed E-state index contributed by atoms with van der Waals surface area (Å²) in [7, 11) is 0. The predicted octanol–water partition coefficient (Wildman–Crippen LogP) is 5.01. The van der Waals surface area contributed by atoms with Gasteiger partial charge in [0.2, 0.25) is 5.91 Å². The molecule has 1 fully saturated rings. The van der Waals surface area contributed by atoms with Crippen molar-refractivity contribution in [3.05, 3.63) is 93.8 Å². The van der Waals surface area contributed by atoms with E-state index in [1.807, 2.05) is 41.3 Å². The first-order valence-electron chi connectivity index (χ1n) is 10.6. The number of nitrogens with zero attached hydrogens (tertiary/aromatic N) is 2. The minimum absolute atomic E-state index is 0.0795. The molecule has 0 radical (unpaired) electrons. The Morgan fingerprint density at radius 2 is 1.91 bits per heavy atom. The fraction of sp³-hybridized carbons (Fsp3) is 0.231. The SMILES string of the molecule is N#Cc1cccc(F)c1-c1ccc2c(c1)CN(C(=O)[C@H]1C[C@@H](c3cccc(Cl)c3)CN1)C2. The third-order valence-corrected chi connectivity index (χ3v) is 6.65. The van der Waals surface area contributed by atoms with Gasteiger partial charge < -0.3 is 10.2 Å². The van der Waals surface area contributed by atoms with Gasteiger partial charge in [-0.2, -0.15) is 5.26 Å². The zero-order valence-corrected chi connectivity index (χ0v) is 18.1. The van der Waals surface area contributed by atoms with Gasteiger partial charge >= 0.3 is 0 Å². The molecule has 5 rings (SSSR count). The summed E-state index contributed by atoms with van der Waals surface area (Å²) in [4.78, 5) is 15.0. The van der Waals surface area contributed by atoms with E-state index in [1.54, 1.807) is 6.07 Å². The van der Waals surface area contributed by atoms with Crippen LogP contribution in [0.15, 0.2) is 60.7 Å². The molecule has 2 atom stereocenters. The number of halogens is 2. The molecule has 1 N–H and O–H groups in total. The van der Waals surface area contributed by atoms with Crippen LogP contribution in [-0.2, 0) is 17.9 Å². The summed E-state index contributed by atoms with van der Waals surface area (Å²) in [5, 5.41) is 13.4. The van der Waals surface area contributed by atoms with Crippen LogP contribution < -0.4 is 5.32 Å². The Labute approximate surface area is 191 Å². The number of hydrogen-bond acceptors (Lipinski definition) is 3. The first-order chi connectivity index (χ1) is 15.5. The van der Waals surface area contributed by atoms with Crippen LogP contribution >= 0.6 is 11.6 Å². The lowest BCUT2D eigenvalue weighted by molar-refractivity contribution is -0.133. The molecule has 32 heavy (non-hydrogen) atoms. The second-order valence-corrected chi connectivity index (χ2v) is 8.84. The molecule has 2 heterocycles. The van der Waals surface area contributed by atoms with E-state index in [9.17, 15) is 14.4 Å². The Balaban J connectivity index is 1.32. The maximum absolute atomic E-state index is 14.5. The van der Waals surface area contributed by atoms with E-state index in [1.165, 1.54) is 12.1 Å². The van der Waals surface area contributed by atoms with Crippen LogP contribution in [-0.4, -0.2) is 23.4 Å². The molecule has 0 aliphatic carbocycles. The van der Waals surface area contributed by atoms with Crippen molar-refractivity contribution in [2.24, 2.45) is 0 Å². The average Bonchev–Trinajstić information content (AvgIpc) is 3.45. The quantitative estimate of drug-likeness (QED) is 0.616. The van der Waals surface area contributed by atoms with Crippen molar-refractivity contribution in [3.8, 4) is 17.2 Å². The first-order valence-corrected chi connectivity index (χ1v) is 11.0. The molecule has 4 nitrogen and oxygen atoms in total. The molecule has 0 unspecified atom stereocenters. The molecule has 0 bridgehead atoms. The highest BCUT2D eigenvalue weighted by Gasteiger charge is 2.35. The fourth-order valence-electron chi connectivity index (χ4n) is 4.78. The van der Waals surface area contributed by atoms with E-state index >= 15 is 0 Å². The van der Waals surface area contributed by atoms with Crippen molar-refractivity contribution >= 4 is 17.5 Å². The van der Waals surface area contributed by atoms with Crippen molar-refractivity contribution in [1.82, 2.24) is 10.2 Å². The van der Waals surface area contributed by atoms with Gasteiger partial charge in [-0.1, -0.05) is 41.9 Å². The van der Waals surface area contributed by atoms with Crippen LogP contribution in [0.5, 0.6) is 0 Å². The van der Waals surface area contributed by atoms with Crippen LogP contribution in [0.1, 0.15) is 34.6 Å². The maximum atomic E-state index is 14.5. The van der Waals surface area contributed by atoms with Crippen LogP contribution in [0.4, 0.5) is 4.39 Å². The Kier molecular flexibility index (Phi) is 5.42. The lowest BCUT2D eigenvalue weighted by Gasteiger charge is -2.20. The van der Waals surface area contributed by atoms with Gasteiger partial charge in [0.25, 0.3) is 0 Å². The Bertz CT molecular complexity index is 1250. The Morgan fingerprint density at radius 3 is 2.72 bits per heavy atom. The average molecular weight is 446 g/mol. The topological polar surface area (TPSA) is 56.1 Å². The van der Waals surface area contributed by atoms with E-state index in [2.05, 4.69) is 17.5 Å². The molecule has 2 aliphatic heterocycles. The number of hydrogen-bond donors (Lipinski definition) is 1. The molecule has 0 aromatic heterocycles. The van der Waals surface area contributed by atoms with Crippen molar-refractivity contribution in [1.29, 1.82) is 5.26 Å². The summed E-state index contributed by atoms with van der Waals surface area (Å²) in [5.41, 5.74) is 4.47. The number of benzene rings is 3. The minimum Gasteiger partial charge on any atom is -0.333 e. The second kappa shape index (κ2) is 8.38. The molecule has 1 saturated heterocycles. The third-order valence-electron chi connectivity index (χ3n) is 6.41. The van der Waals surface area contributed by atoms with Crippen molar-refractivity contribution in [2.75, 3.05) is 6.54 Å². The summed E-state index contributed by atoms with van der Waals surface area (Å²) < 4.78 is 14.5. The van der Waals surface area contributed by atoms with E-state index in [4.69, 9.17) is 11.6 Å². The smallest absolute Gasteiger partial charge is 0.240 e. The molecule has 2 aliphatic rings. The van der Waals surface area contributed by atoms with Crippen LogP contribution in [0.3, 0.4) is 0 Å². The van der Waals surface area contributed by atoms with E-state index in [0.717, 1.165) is 29.7 Å². The highest BCUT2D eigenvalue weighted by molar-refractivity contribution is 6.30. The summed E-state index contributed by atoms with van der Waals surface area (Å²) in [6, 6.07) is 19.8. The molecule has 3 aromatic carbocycles. The van der Waals surface area contributed by atoms with Crippen LogP contribution in [0.25, 0.3) is 11.1 Å². The molecular formula is C26H21ClFN3O. The zero-order chi connectivity index (χ0) is 22.2. The normalized spacial score (nSPS) is 19.6. The summed E-state index contributed by atoms with van der Waals surface area (Å²) in [5.74, 6) is -0.0854. The predicted molar refractivity (Wildman–Crippen MR) is 121 cm³/mol. The first kappa shape index (κ1) is 20.7. The summed E-state index contributed by atoms with van der Waals surface area (Å²) >= 11 is 6.13. The molecule has 6 heteroatoms. The Hall–Kier alpha value is -3.20. The number of nitriles is 1. The largest absolute Gasteiger partial charge is 0.333 e. The zero-order valence-electron chi connectivity index (χ0n) is 17.3. The fourth-order valence-corrected chi connectivity index (χ4v) is 4.97. The monoisotopic (exact) mass is 445 g/mol. The van der Waals surface area contributed by atoms with E-state index in [0.29, 0.717) is 34.8 Å². The second-order valence-electron chi connectivity index (χ2n) is 8.40. The van der Waals surface area contributed by atoms with Gasteiger partial charge in [0.15, 0.2) is 0 Å². The van der Waals surface area contributed by atoms with Crippen molar-refractivity contribution in [3.63, 3.8) is 0 Å². The summed E-state index contributed by atoms with van der Waals surface area (Å²) in [6.45, 7) is 1.76. The van der Waals surface area contributed by atoms with Gasteiger partial charge in [0, 0.05) is 30.2 Å². The van der Waals surface area contributed by atoms with Crippen LogP contribution in [0, 0.1) is 17.1 Å². The van der Waals surface area contributed by atoms with Gasteiger partial charge in [-0.3, -0.25) is 4.79 Å². The molecule has 1 amide bonds. The molecule has 0 saturated carbocycles. The van der Waals surface area contributed by atoms with Gasteiger partial charge in [-0.25, -0.2) is 4.39 Å². The highest BCUT2D eigenvalue weighted by Crippen LogP contribution is 2.33. The van der Waals surface area contributed by atoms with Gasteiger partial charge in [0.1, 0.15) is 5.82 Å². The number of carbonyl (C=O) groups is 1. The number of nitrogens with one attached hydrogen (secondary N) is 1. The lowest BCUT2D eigenvalue weighted by Crippen LogP contribution is -2.40. The number of fused-ring (bicyclic) bond motifs is 1. The third kappa shape index (κ3) is 3.77. The Morgan fingerprint density at radius 1 is 1.09 bits per heavy atom. The molecule has 3 aromatic rings. The van der Waals surface area contributed by atoms with E-state index in [-0.39, 0.29) is 17.9 Å². The van der Waals surface area contributed by atoms with Crippen molar-refractivity contribution in [2.45, 2.75) is 31.5 Å². The molecule has 160 valence electrons. The number of rotatable bonds is 3. The minimum atomic E-state index is -0.419. The van der Waals surface area contributed by atoms with Gasteiger partial charge in [0.05, 0.1) is 17.7 Å². The summed E-state index contributed by atoms with van der Waals surface area (Å²) in [6.07, 6.45) is 0.734. The highest BCUT2D eigenvalue weighted by atomic mass is 35.5. The van der Waals surface area contributed by atoms with Crippen molar-refractivity contribution < 1.29 is 9.18 Å². The number of amides is 1. The standard InChI is InChI=1S/C26H21ClFN3O/c27-22-5-1-3-16(10-22)20-11-24(30-13-20)26(32)31-14-19-8-7-17(9-21(19)15-31)25-18(12-29)4-2-6-23(25)28/h1-10,20,24,30H,11,13-15H2/t20-,24-/m1/s1. The van der Waals surface area contributed by atoms with E-state index < -0.39 is 5.82 Å². The maximum Gasteiger partial charge on any atom is 0.240 e. The van der Waals surface area contributed by atoms with Crippen LogP contribution in [0.2, 0.25) is 5.02 Å².